The first-order chi connectivity index (χ1) is 9.45. The number of carbonyl (C=O) groups is 2. The van der Waals surface area contributed by atoms with Crippen molar-refractivity contribution < 1.29 is 9.59 Å². The summed E-state index contributed by atoms with van der Waals surface area (Å²) in [6, 6.07) is 3.17. The summed E-state index contributed by atoms with van der Waals surface area (Å²) in [5.74, 6) is -0.172. The van der Waals surface area contributed by atoms with Gasteiger partial charge in [-0.05, 0) is 38.8 Å². The van der Waals surface area contributed by atoms with Crippen molar-refractivity contribution in [2.75, 3.05) is 4.90 Å². The van der Waals surface area contributed by atoms with Crippen molar-refractivity contribution in [2.45, 2.75) is 52.1 Å². The number of piperazine rings is 1. The van der Waals surface area contributed by atoms with Gasteiger partial charge in [-0.25, -0.2) is 0 Å². The molecule has 1 aliphatic rings. The van der Waals surface area contributed by atoms with Gasteiger partial charge in [-0.3, -0.25) is 19.5 Å². The Morgan fingerprint density at radius 2 is 1.95 bits per heavy atom. The lowest BCUT2D eigenvalue weighted by molar-refractivity contribution is -0.138. The number of hydrogen-bond donors (Lipinski definition) is 1. The van der Waals surface area contributed by atoms with E-state index < -0.39 is 11.6 Å². The molecule has 1 N–H and O–H groups in total. The smallest absolute Gasteiger partial charge is 0.253 e. The third kappa shape index (κ3) is 2.17. The Hall–Kier alpha value is -1.91. The van der Waals surface area contributed by atoms with Gasteiger partial charge in [-0.1, -0.05) is 13.8 Å². The van der Waals surface area contributed by atoms with Crippen LogP contribution < -0.4 is 10.2 Å². The normalized spacial score (nSPS) is 21.8. The number of nitrogens with zero attached hydrogens (tertiary/aromatic N) is 2. The minimum Gasteiger partial charge on any atom is -0.340 e. The molecule has 2 heterocycles. The molecule has 1 atom stereocenters. The van der Waals surface area contributed by atoms with Gasteiger partial charge in [0.1, 0.15) is 11.6 Å². The summed E-state index contributed by atoms with van der Waals surface area (Å²) in [7, 11) is 0. The molecule has 0 radical (unpaired) electrons. The molecular formula is C15H21N3O2. The maximum absolute atomic E-state index is 12.8. The highest BCUT2D eigenvalue weighted by Gasteiger charge is 2.47. The molecule has 0 saturated carbocycles. The van der Waals surface area contributed by atoms with Gasteiger partial charge in [0.2, 0.25) is 5.91 Å². The number of nitrogens with one attached hydrogen (secondary N) is 1. The van der Waals surface area contributed by atoms with Crippen molar-refractivity contribution in [1.29, 1.82) is 0 Å². The van der Waals surface area contributed by atoms with E-state index in [2.05, 4.69) is 10.3 Å². The molecule has 0 bridgehead atoms. The van der Waals surface area contributed by atoms with Crippen LogP contribution >= 0.6 is 0 Å². The van der Waals surface area contributed by atoms with Crippen molar-refractivity contribution in [2.24, 2.45) is 0 Å². The molecule has 1 aromatic heterocycles. The Morgan fingerprint density at radius 1 is 1.30 bits per heavy atom. The lowest BCUT2D eigenvalue weighted by Crippen LogP contribution is -2.69. The molecule has 20 heavy (non-hydrogen) atoms. The molecular weight excluding hydrogens is 254 g/mol. The van der Waals surface area contributed by atoms with Crippen LogP contribution in [0.4, 0.5) is 5.69 Å². The van der Waals surface area contributed by atoms with Gasteiger partial charge in [0, 0.05) is 5.69 Å². The first kappa shape index (κ1) is 14.5. The molecule has 1 saturated heterocycles. The van der Waals surface area contributed by atoms with Crippen LogP contribution in [0.5, 0.6) is 0 Å². The van der Waals surface area contributed by atoms with Gasteiger partial charge < -0.3 is 5.32 Å². The van der Waals surface area contributed by atoms with E-state index in [1.165, 1.54) is 0 Å². The third-order valence-electron chi connectivity index (χ3n) is 4.14. The molecule has 1 fully saturated rings. The van der Waals surface area contributed by atoms with Crippen molar-refractivity contribution in [3.63, 3.8) is 0 Å². The molecule has 2 amide bonds. The molecule has 0 aromatic carbocycles. The van der Waals surface area contributed by atoms with Gasteiger partial charge in [-0.15, -0.1) is 0 Å². The predicted molar refractivity (Wildman–Crippen MR) is 77.4 cm³/mol. The first-order valence-corrected chi connectivity index (χ1v) is 7.03. The highest BCUT2D eigenvalue weighted by molar-refractivity contribution is 6.10. The van der Waals surface area contributed by atoms with Crippen molar-refractivity contribution in [1.82, 2.24) is 10.3 Å². The second kappa shape index (κ2) is 5.23. The molecule has 1 aliphatic heterocycles. The quantitative estimate of drug-likeness (QED) is 0.915. The number of pyridine rings is 1. The summed E-state index contributed by atoms with van der Waals surface area (Å²) >= 11 is 0. The van der Waals surface area contributed by atoms with Gasteiger partial charge in [0.05, 0.1) is 11.9 Å². The van der Waals surface area contributed by atoms with Crippen LogP contribution in [-0.2, 0) is 9.59 Å². The Kier molecular flexibility index (Phi) is 3.79. The van der Waals surface area contributed by atoms with E-state index in [1.54, 1.807) is 18.0 Å². The molecule has 1 unspecified atom stereocenters. The van der Waals surface area contributed by atoms with Crippen molar-refractivity contribution in [3.05, 3.63) is 24.0 Å². The van der Waals surface area contributed by atoms with E-state index in [0.29, 0.717) is 18.5 Å². The molecule has 2 rings (SSSR count). The number of amides is 2. The predicted octanol–water partition coefficient (Wildman–Crippen LogP) is 1.80. The van der Waals surface area contributed by atoms with E-state index >= 15 is 0 Å². The molecule has 108 valence electrons. The van der Waals surface area contributed by atoms with Crippen LogP contribution in [0.15, 0.2) is 18.3 Å². The number of rotatable bonds is 3. The maximum Gasteiger partial charge on any atom is 0.253 e. The summed E-state index contributed by atoms with van der Waals surface area (Å²) in [5, 5.41) is 2.89. The van der Waals surface area contributed by atoms with Crippen LogP contribution in [0.1, 0.15) is 39.3 Å². The Bertz CT molecular complexity index is 520. The van der Waals surface area contributed by atoms with Gasteiger partial charge in [0.15, 0.2) is 0 Å². The van der Waals surface area contributed by atoms with Crippen LogP contribution in [-0.4, -0.2) is 28.4 Å². The standard InChI is InChI=1S/C15H21N3O2/c1-5-15(6-2)14(20)18(11(4)13(19)17-15)12-8-7-10(3)16-9-12/h7-9,11H,5-6H2,1-4H3,(H,17,19). The average Bonchev–Trinajstić information content (AvgIpc) is 2.45. The second-order valence-electron chi connectivity index (χ2n) is 5.29. The average molecular weight is 275 g/mol. The van der Waals surface area contributed by atoms with Crippen molar-refractivity contribution in [3.8, 4) is 0 Å². The van der Waals surface area contributed by atoms with Gasteiger partial charge in [-0.2, -0.15) is 0 Å². The monoisotopic (exact) mass is 275 g/mol. The van der Waals surface area contributed by atoms with Crippen LogP contribution in [0.2, 0.25) is 0 Å². The van der Waals surface area contributed by atoms with Gasteiger partial charge in [0.25, 0.3) is 5.91 Å². The van der Waals surface area contributed by atoms with E-state index in [4.69, 9.17) is 0 Å². The second-order valence-corrected chi connectivity index (χ2v) is 5.29. The zero-order valence-corrected chi connectivity index (χ0v) is 12.4. The van der Waals surface area contributed by atoms with Crippen LogP contribution in [0.3, 0.4) is 0 Å². The van der Waals surface area contributed by atoms with Gasteiger partial charge >= 0.3 is 0 Å². The maximum atomic E-state index is 12.8. The third-order valence-corrected chi connectivity index (χ3v) is 4.14. The zero-order chi connectivity index (χ0) is 14.9. The summed E-state index contributed by atoms with van der Waals surface area (Å²) in [4.78, 5) is 30.8. The fourth-order valence-electron chi connectivity index (χ4n) is 2.59. The number of aryl methyl sites for hydroxylation is 1. The number of hydrogen-bond acceptors (Lipinski definition) is 3. The summed E-state index contributed by atoms with van der Waals surface area (Å²) < 4.78 is 0. The lowest BCUT2D eigenvalue weighted by atomic mass is 9.87. The minimum atomic E-state index is -0.797. The summed E-state index contributed by atoms with van der Waals surface area (Å²) in [5.41, 5.74) is 0.760. The highest BCUT2D eigenvalue weighted by Crippen LogP contribution is 2.29. The molecule has 0 spiro atoms. The topological polar surface area (TPSA) is 62.3 Å². The Morgan fingerprint density at radius 3 is 2.45 bits per heavy atom. The van der Waals surface area contributed by atoms with E-state index in [9.17, 15) is 9.59 Å². The molecule has 5 heteroatoms. The van der Waals surface area contributed by atoms with E-state index in [-0.39, 0.29) is 11.8 Å². The van der Waals surface area contributed by atoms with E-state index in [0.717, 1.165) is 5.69 Å². The fraction of sp³-hybridized carbons (Fsp3) is 0.533. The summed E-state index contributed by atoms with van der Waals surface area (Å²) in [6.07, 6.45) is 2.81. The lowest BCUT2D eigenvalue weighted by Gasteiger charge is -2.44. The minimum absolute atomic E-state index is 0.0553. The first-order valence-electron chi connectivity index (χ1n) is 7.03. The van der Waals surface area contributed by atoms with Crippen LogP contribution in [0.25, 0.3) is 0 Å². The Balaban J connectivity index is 2.46. The fourth-order valence-corrected chi connectivity index (χ4v) is 2.59. The zero-order valence-electron chi connectivity index (χ0n) is 12.4. The number of carbonyl (C=O) groups excluding carboxylic acids is 2. The van der Waals surface area contributed by atoms with Crippen LogP contribution in [0, 0.1) is 6.92 Å². The molecule has 5 nitrogen and oxygen atoms in total. The number of aromatic nitrogens is 1. The SMILES string of the molecule is CCC1(CC)NC(=O)C(C)N(c2ccc(C)nc2)C1=O. The summed E-state index contributed by atoms with van der Waals surface area (Å²) in [6.45, 7) is 7.47. The Labute approximate surface area is 119 Å². The molecule has 0 aliphatic carbocycles. The van der Waals surface area contributed by atoms with E-state index in [1.807, 2.05) is 32.9 Å². The van der Waals surface area contributed by atoms with Crippen molar-refractivity contribution >= 4 is 17.5 Å². The number of anilines is 1. The largest absolute Gasteiger partial charge is 0.340 e. The molecule has 1 aromatic rings. The highest BCUT2D eigenvalue weighted by atomic mass is 16.2.